The Morgan fingerprint density at radius 3 is 2.49 bits per heavy atom. The fourth-order valence-corrected chi connectivity index (χ4v) is 4.49. The van der Waals surface area contributed by atoms with Gasteiger partial charge in [-0.15, -0.1) is 0 Å². The summed E-state index contributed by atoms with van der Waals surface area (Å²) in [7, 11) is 0. The second-order valence-electron chi connectivity index (χ2n) is 9.19. The molecule has 0 radical (unpaired) electrons. The van der Waals surface area contributed by atoms with Crippen LogP contribution in [-0.2, 0) is 11.2 Å². The number of piperidine rings is 1. The van der Waals surface area contributed by atoms with Crippen LogP contribution in [0.25, 0.3) is 11.3 Å². The van der Waals surface area contributed by atoms with Gasteiger partial charge in [0.2, 0.25) is 5.91 Å². The molecule has 0 saturated carbocycles. The van der Waals surface area contributed by atoms with Crippen LogP contribution in [0.15, 0.2) is 36.5 Å². The van der Waals surface area contributed by atoms with Gasteiger partial charge in [0.15, 0.2) is 0 Å². The summed E-state index contributed by atoms with van der Waals surface area (Å²) in [6, 6.07) is 7.26. The van der Waals surface area contributed by atoms with Gasteiger partial charge in [0.05, 0.1) is 31.1 Å². The molecular formula is C25H30F2N4O4. The smallest absolute Gasteiger partial charge is 0.407 e. The molecule has 2 saturated heterocycles. The fourth-order valence-electron chi connectivity index (χ4n) is 4.49. The van der Waals surface area contributed by atoms with Crippen molar-refractivity contribution in [1.29, 1.82) is 0 Å². The van der Waals surface area contributed by atoms with Crippen molar-refractivity contribution in [3.63, 3.8) is 0 Å². The highest BCUT2D eigenvalue weighted by molar-refractivity contribution is 5.82. The summed E-state index contributed by atoms with van der Waals surface area (Å²) in [6.45, 7) is 1.89. The van der Waals surface area contributed by atoms with Gasteiger partial charge in [-0.05, 0) is 55.4 Å². The Balaban J connectivity index is 1.30. The van der Waals surface area contributed by atoms with E-state index in [9.17, 15) is 18.4 Å². The topological polar surface area (TPSA) is 109 Å². The highest BCUT2D eigenvalue weighted by atomic mass is 19.1. The van der Waals surface area contributed by atoms with Gasteiger partial charge in [-0.1, -0.05) is 12.1 Å². The minimum atomic E-state index is -1.02. The summed E-state index contributed by atoms with van der Waals surface area (Å²) in [4.78, 5) is 30.6. The minimum Gasteiger partial charge on any atom is -0.492 e. The van der Waals surface area contributed by atoms with Crippen LogP contribution in [-0.4, -0.2) is 76.9 Å². The molecule has 2 amide bonds. The number of amides is 2. The third kappa shape index (κ3) is 6.25. The number of alkyl halides is 1. The average Bonchev–Trinajstić information content (AvgIpc) is 3.30. The SMILES string of the molecule is N[C@@H](Cc1ccc(-c2ccc(OCC3CCN(C(=O)O)CC3)cn2)cc1F)C(=O)N1CC[C@H](F)C1. The molecular weight excluding hydrogens is 458 g/mol. The highest BCUT2D eigenvalue weighted by Crippen LogP contribution is 2.24. The van der Waals surface area contributed by atoms with E-state index in [1.807, 2.05) is 0 Å². The van der Waals surface area contributed by atoms with E-state index in [4.69, 9.17) is 15.6 Å². The molecule has 0 aliphatic carbocycles. The van der Waals surface area contributed by atoms with Crippen molar-refractivity contribution < 1.29 is 28.2 Å². The van der Waals surface area contributed by atoms with Crippen LogP contribution in [0.5, 0.6) is 5.75 Å². The Morgan fingerprint density at radius 1 is 1.14 bits per heavy atom. The average molecular weight is 489 g/mol. The quantitative estimate of drug-likeness (QED) is 0.620. The molecule has 2 fully saturated rings. The molecule has 8 nitrogen and oxygen atoms in total. The number of carbonyl (C=O) groups excluding carboxylic acids is 1. The molecule has 4 rings (SSSR count). The van der Waals surface area contributed by atoms with E-state index in [0.717, 1.165) is 12.8 Å². The van der Waals surface area contributed by atoms with Gasteiger partial charge in [0.25, 0.3) is 0 Å². The largest absolute Gasteiger partial charge is 0.492 e. The van der Waals surface area contributed by atoms with Crippen LogP contribution in [0.2, 0.25) is 0 Å². The molecule has 2 aliphatic heterocycles. The molecule has 3 heterocycles. The normalized spacial score (nSPS) is 19.6. The van der Waals surface area contributed by atoms with Crippen LogP contribution < -0.4 is 10.5 Å². The van der Waals surface area contributed by atoms with Crippen LogP contribution in [0.1, 0.15) is 24.8 Å². The van der Waals surface area contributed by atoms with Gasteiger partial charge in [0.1, 0.15) is 17.7 Å². The molecule has 2 aliphatic rings. The summed E-state index contributed by atoms with van der Waals surface area (Å²) in [5, 5.41) is 9.02. The molecule has 3 N–H and O–H groups in total. The number of hydrogen-bond acceptors (Lipinski definition) is 5. The van der Waals surface area contributed by atoms with Crippen LogP contribution >= 0.6 is 0 Å². The monoisotopic (exact) mass is 488 g/mol. The first kappa shape index (κ1) is 24.8. The van der Waals surface area contributed by atoms with Crippen molar-refractivity contribution in [1.82, 2.24) is 14.8 Å². The van der Waals surface area contributed by atoms with E-state index in [2.05, 4.69) is 4.98 Å². The Labute approximate surface area is 202 Å². The summed E-state index contributed by atoms with van der Waals surface area (Å²) in [5.41, 5.74) is 7.45. The summed E-state index contributed by atoms with van der Waals surface area (Å²) in [6.07, 6.45) is 1.53. The predicted molar refractivity (Wildman–Crippen MR) is 125 cm³/mol. The highest BCUT2D eigenvalue weighted by Gasteiger charge is 2.29. The maximum absolute atomic E-state index is 14.7. The number of likely N-dealkylation sites (tertiary alicyclic amines) is 2. The van der Waals surface area contributed by atoms with Crippen molar-refractivity contribution in [2.75, 3.05) is 32.8 Å². The van der Waals surface area contributed by atoms with Crippen molar-refractivity contribution in [3.8, 4) is 17.0 Å². The Hall–Kier alpha value is -3.27. The minimum absolute atomic E-state index is 0.0317. The van der Waals surface area contributed by atoms with E-state index in [1.54, 1.807) is 30.5 Å². The number of carboxylic acid groups (broad SMARTS) is 1. The standard InChI is InChI=1S/C25H30F2N4O4/c26-19-7-10-31(14-19)24(32)22(28)12-17-1-2-18(11-21(17)27)23-4-3-20(13-29-23)35-15-16-5-8-30(9-6-16)25(33)34/h1-4,11,13,16,19,22H,5-10,12,14-15,28H2,(H,33,34)/t19-,22-/m0/s1. The summed E-state index contributed by atoms with van der Waals surface area (Å²) < 4.78 is 33.9. The molecule has 2 aromatic rings. The van der Waals surface area contributed by atoms with Crippen LogP contribution in [0.3, 0.4) is 0 Å². The number of benzene rings is 1. The number of ether oxygens (including phenoxy) is 1. The third-order valence-electron chi connectivity index (χ3n) is 6.66. The molecule has 1 aromatic carbocycles. The molecule has 188 valence electrons. The van der Waals surface area contributed by atoms with E-state index in [0.29, 0.717) is 55.2 Å². The van der Waals surface area contributed by atoms with E-state index >= 15 is 0 Å². The summed E-state index contributed by atoms with van der Waals surface area (Å²) in [5.74, 6) is 0.0335. The maximum Gasteiger partial charge on any atom is 0.407 e. The van der Waals surface area contributed by atoms with Gasteiger partial charge < -0.3 is 25.4 Å². The first-order valence-corrected chi connectivity index (χ1v) is 11.8. The van der Waals surface area contributed by atoms with Gasteiger partial charge in [-0.25, -0.2) is 13.6 Å². The number of nitrogens with two attached hydrogens (primary N) is 1. The lowest BCUT2D eigenvalue weighted by molar-refractivity contribution is -0.131. The molecule has 10 heteroatoms. The van der Waals surface area contributed by atoms with E-state index in [-0.39, 0.29) is 24.8 Å². The number of hydrogen-bond donors (Lipinski definition) is 2. The molecule has 0 spiro atoms. The van der Waals surface area contributed by atoms with Gasteiger partial charge in [-0.3, -0.25) is 9.78 Å². The van der Waals surface area contributed by atoms with Gasteiger partial charge in [0, 0.05) is 25.2 Å². The molecule has 1 aromatic heterocycles. The van der Waals surface area contributed by atoms with Gasteiger partial charge in [-0.2, -0.15) is 0 Å². The lowest BCUT2D eigenvalue weighted by Gasteiger charge is -2.29. The Bertz CT molecular complexity index is 1040. The zero-order valence-corrected chi connectivity index (χ0v) is 19.4. The third-order valence-corrected chi connectivity index (χ3v) is 6.66. The van der Waals surface area contributed by atoms with Gasteiger partial charge >= 0.3 is 6.09 Å². The number of nitrogens with zero attached hydrogens (tertiary/aromatic N) is 3. The lowest BCUT2D eigenvalue weighted by atomic mass is 9.98. The first-order valence-electron chi connectivity index (χ1n) is 11.8. The van der Waals surface area contributed by atoms with Crippen molar-refractivity contribution in [3.05, 3.63) is 47.9 Å². The first-order chi connectivity index (χ1) is 16.8. The van der Waals surface area contributed by atoms with Crippen molar-refractivity contribution >= 4 is 12.0 Å². The van der Waals surface area contributed by atoms with Crippen molar-refractivity contribution in [2.24, 2.45) is 11.7 Å². The predicted octanol–water partition coefficient (Wildman–Crippen LogP) is 3.10. The van der Waals surface area contributed by atoms with Crippen LogP contribution in [0, 0.1) is 11.7 Å². The number of rotatable bonds is 7. The number of halogens is 2. The van der Waals surface area contributed by atoms with E-state index in [1.165, 1.54) is 15.9 Å². The molecule has 35 heavy (non-hydrogen) atoms. The second kappa shape index (κ2) is 11.0. The number of aromatic nitrogens is 1. The Kier molecular flexibility index (Phi) is 7.80. The van der Waals surface area contributed by atoms with E-state index < -0.39 is 24.1 Å². The fraction of sp³-hybridized carbons (Fsp3) is 0.480. The Morgan fingerprint density at radius 2 is 1.89 bits per heavy atom. The molecule has 0 bridgehead atoms. The second-order valence-corrected chi connectivity index (χ2v) is 9.19. The maximum atomic E-state index is 14.7. The molecule has 0 unspecified atom stereocenters. The zero-order valence-electron chi connectivity index (χ0n) is 19.4. The number of pyridine rings is 1. The van der Waals surface area contributed by atoms with Crippen molar-refractivity contribution in [2.45, 2.75) is 37.9 Å². The number of carbonyl (C=O) groups is 2. The van der Waals surface area contributed by atoms with Crippen LogP contribution in [0.4, 0.5) is 13.6 Å². The summed E-state index contributed by atoms with van der Waals surface area (Å²) >= 11 is 0. The molecule has 2 atom stereocenters. The lowest BCUT2D eigenvalue weighted by Crippen LogP contribution is -2.44. The zero-order chi connectivity index (χ0) is 24.9.